The van der Waals surface area contributed by atoms with E-state index in [2.05, 4.69) is 14.9 Å². The van der Waals surface area contributed by atoms with Crippen LogP contribution < -0.4 is 10.5 Å². The molecule has 0 bridgehead atoms. The number of hydrogen-bond acceptors (Lipinski definition) is 5. The van der Waals surface area contributed by atoms with Gasteiger partial charge in [-0.15, -0.1) is 0 Å². The molecule has 7 nitrogen and oxygen atoms in total. The van der Waals surface area contributed by atoms with Crippen LogP contribution in [0.4, 0.5) is 10.5 Å². The van der Waals surface area contributed by atoms with Crippen LogP contribution in [0.5, 0.6) is 0 Å². The Morgan fingerprint density at radius 1 is 1.26 bits per heavy atom. The van der Waals surface area contributed by atoms with Gasteiger partial charge in [0.05, 0.1) is 29.0 Å². The zero-order valence-corrected chi connectivity index (χ0v) is 17.0. The predicted molar refractivity (Wildman–Crippen MR) is 107 cm³/mol. The summed E-state index contributed by atoms with van der Waals surface area (Å²) in [5.74, 6) is 0. The molecule has 0 spiro atoms. The van der Waals surface area contributed by atoms with Crippen LogP contribution >= 0.6 is 11.6 Å². The van der Waals surface area contributed by atoms with Gasteiger partial charge in [-0.3, -0.25) is 9.69 Å². The molecule has 1 amide bonds. The van der Waals surface area contributed by atoms with Gasteiger partial charge < -0.3 is 14.6 Å². The van der Waals surface area contributed by atoms with Gasteiger partial charge in [0.2, 0.25) is 5.56 Å². The number of aromatic amines is 1. The Hall–Kier alpha value is -2.28. The molecular weight excluding hydrogens is 368 g/mol. The molecule has 27 heavy (non-hydrogen) atoms. The number of piperazine rings is 1. The van der Waals surface area contributed by atoms with Crippen molar-refractivity contribution in [3.8, 4) is 0 Å². The van der Waals surface area contributed by atoms with E-state index in [4.69, 9.17) is 16.3 Å². The van der Waals surface area contributed by atoms with E-state index in [9.17, 15) is 9.59 Å². The lowest BCUT2D eigenvalue weighted by atomic mass is 10.1. The monoisotopic (exact) mass is 392 g/mol. The molecule has 146 valence electrons. The first-order chi connectivity index (χ1) is 12.6. The van der Waals surface area contributed by atoms with Crippen LogP contribution in [-0.4, -0.2) is 51.7 Å². The lowest BCUT2D eigenvalue weighted by Gasteiger charge is -2.45. The lowest BCUT2D eigenvalue weighted by Crippen LogP contribution is -2.59. The second-order valence-electron chi connectivity index (χ2n) is 8.03. The summed E-state index contributed by atoms with van der Waals surface area (Å²) >= 11 is 6.60. The number of carbonyl (C=O) groups excluding carboxylic acids is 1. The quantitative estimate of drug-likeness (QED) is 0.804. The fourth-order valence-corrected chi connectivity index (χ4v) is 3.80. The lowest BCUT2D eigenvalue weighted by molar-refractivity contribution is 0.00566. The van der Waals surface area contributed by atoms with E-state index in [-0.39, 0.29) is 23.7 Å². The number of ether oxygens (including phenoxy) is 1. The summed E-state index contributed by atoms with van der Waals surface area (Å²) in [6.45, 7) is 10.8. The Morgan fingerprint density at radius 2 is 1.89 bits per heavy atom. The largest absolute Gasteiger partial charge is 0.444 e. The van der Waals surface area contributed by atoms with Gasteiger partial charge >= 0.3 is 6.09 Å². The van der Waals surface area contributed by atoms with E-state index >= 15 is 0 Å². The van der Waals surface area contributed by atoms with Crippen LogP contribution in [0.3, 0.4) is 0 Å². The number of anilines is 1. The van der Waals surface area contributed by atoms with Crippen molar-refractivity contribution >= 4 is 34.4 Å². The number of amides is 1. The Bertz CT molecular complexity index is 909. The van der Waals surface area contributed by atoms with Crippen molar-refractivity contribution in [1.82, 2.24) is 14.9 Å². The molecule has 0 radical (unpaired) electrons. The maximum atomic E-state index is 12.6. The first kappa shape index (κ1) is 19.5. The normalized spacial score (nSPS) is 20.8. The van der Waals surface area contributed by atoms with Crippen molar-refractivity contribution in [2.45, 2.75) is 52.3 Å². The second-order valence-corrected chi connectivity index (χ2v) is 8.41. The van der Waals surface area contributed by atoms with E-state index in [1.54, 1.807) is 17.2 Å². The number of rotatable bonds is 1. The van der Waals surface area contributed by atoms with Crippen molar-refractivity contribution in [1.29, 1.82) is 0 Å². The van der Waals surface area contributed by atoms with E-state index < -0.39 is 5.60 Å². The Morgan fingerprint density at radius 3 is 2.48 bits per heavy atom. The molecule has 2 aromatic heterocycles. The maximum absolute atomic E-state index is 12.6. The summed E-state index contributed by atoms with van der Waals surface area (Å²) in [5.41, 5.74) is 0.506. The topological polar surface area (TPSA) is 78.5 Å². The molecule has 1 N–H and O–H groups in total. The Labute approximate surface area is 163 Å². The van der Waals surface area contributed by atoms with Gasteiger partial charge in [-0.2, -0.15) is 0 Å². The zero-order valence-electron chi connectivity index (χ0n) is 16.2. The van der Waals surface area contributed by atoms with Gasteiger partial charge in [0, 0.05) is 24.5 Å². The molecule has 1 fully saturated rings. The molecule has 3 rings (SSSR count). The van der Waals surface area contributed by atoms with Gasteiger partial charge in [0.25, 0.3) is 0 Å². The summed E-state index contributed by atoms with van der Waals surface area (Å²) < 4.78 is 5.55. The summed E-state index contributed by atoms with van der Waals surface area (Å²) in [6, 6.07) is 3.01. The van der Waals surface area contributed by atoms with Crippen LogP contribution in [0, 0.1) is 0 Å². The molecule has 2 aromatic rings. The molecule has 1 saturated heterocycles. The highest BCUT2D eigenvalue weighted by atomic mass is 35.5. The third-order valence-corrected chi connectivity index (χ3v) is 4.94. The average Bonchev–Trinajstić information content (AvgIpc) is 2.52. The first-order valence-corrected chi connectivity index (χ1v) is 9.38. The van der Waals surface area contributed by atoms with Gasteiger partial charge in [-0.25, -0.2) is 9.78 Å². The van der Waals surface area contributed by atoms with Crippen molar-refractivity contribution in [3.63, 3.8) is 0 Å². The van der Waals surface area contributed by atoms with Crippen LogP contribution in [0.1, 0.15) is 34.6 Å². The van der Waals surface area contributed by atoms with Gasteiger partial charge in [0.15, 0.2) is 0 Å². The average molecular weight is 393 g/mol. The van der Waals surface area contributed by atoms with Crippen LogP contribution in [0.15, 0.2) is 23.1 Å². The van der Waals surface area contributed by atoms with Crippen LogP contribution in [0.2, 0.25) is 5.02 Å². The fraction of sp³-hybridized carbons (Fsp3) is 0.526. The predicted octanol–water partition coefficient (Wildman–Crippen LogP) is 3.41. The number of pyridine rings is 2. The Balaban J connectivity index is 1.86. The number of carbonyl (C=O) groups is 1. The second kappa shape index (κ2) is 7.03. The molecule has 3 heterocycles. The van der Waals surface area contributed by atoms with Crippen molar-refractivity contribution in [2.75, 3.05) is 18.0 Å². The first-order valence-electron chi connectivity index (χ1n) is 9.00. The highest BCUT2D eigenvalue weighted by molar-refractivity contribution is 6.37. The number of nitrogens with one attached hydrogen (secondary N) is 1. The van der Waals surface area contributed by atoms with Gasteiger partial charge in [-0.05, 0) is 40.7 Å². The number of aromatic nitrogens is 2. The highest BCUT2D eigenvalue weighted by Gasteiger charge is 2.36. The summed E-state index contributed by atoms with van der Waals surface area (Å²) in [5, 5.41) is 1.24. The van der Waals surface area contributed by atoms with Crippen LogP contribution in [0.25, 0.3) is 11.0 Å². The molecule has 0 saturated carbocycles. The van der Waals surface area contributed by atoms with Crippen molar-refractivity contribution < 1.29 is 9.53 Å². The SMILES string of the molecule is C[C@H]1CN(c2cnc3[nH]c(=O)ccc3c2Cl)C[C@H](C)N1C(=O)OC(C)(C)C. The van der Waals surface area contributed by atoms with Gasteiger partial charge in [0.1, 0.15) is 11.2 Å². The van der Waals surface area contributed by atoms with Crippen LogP contribution in [-0.2, 0) is 4.74 Å². The molecule has 2 atom stereocenters. The summed E-state index contributed by atoms with van der Waals surface area (Å²) in [6.07, 6.45) is 1.37. The summed E-state index contributed by atoms with van der Waals surface area (Å²) in [4.78, 5) is 35.0. The molecule has 0 aliphatic carbocycles. The number of nitrogens with zero attached hydrogens (tertiary/aromatic N) is 3. The minimum absolute atomic E-state index is 0.0501. The maximum Gasteiger partial charge on any atom is 0.410 e. The molecular formula is C19H25ClN4O3. The number of halogens is 1. The molecule has 1 aliphatic rings. The zero-order chi connectivity index (χ0) is 19.9. The third-order valence-electron chi connectivity index (χ3n) is 4.54. The molecule has 0 aromatic carbocycles. The number of H-pyrrole nitrogens is 1. The molecule has 1 aliphatic heterocycles. The van der Waals surface area contributed by atoms with Crippen molar-refractivity contribution in [2.24, 2.45) is 0 Å². The minimum Gasteiger partial charge on any atom is -0.444 e. The number of hydrogen-bond donors (Lipinski definition) is 1. The Kier molecular flexibility index (Phi) is 5.08. The highest BCUT2D eigenvalue weighted by Crippen LogP contribution is 2.33. The summed E-state index contributed by atoms with van der Waals surface area (Å²) in [7, 11) is 0. The number of fused-ring (bicyclic) bond motifs is 1. The van der Waals surface area contributed by atoms with E-state index in [0.29, 0.717) is 29.1 Å². The van der Waals surface area contributed by atoms with Gasteiger partial charge in [-0.1, -0.05) is 11.6 Å². The molecule has 0 unspecified atom stereocenters. The van der Waals surface area contributed by atoms with E-state index in [1.165, 1.54) is 6.07 Å². The minimum atomic E-state index is -0.532. The smallest absolute Gasteiger partial charge is 0.410 e. The standard InChI is InChI=1S/C19H25ClN4O3/c1-11-9-23(10-12(2)24(11)18(26)27-19(3,4)5)14-8-21-17-13(16(14)20)6-7-15(25)22-17/h6-8,11-12H,9-10H2,1-5H3,(H,21,22,25)/t11-,12-/m0/s1. The third kappa shape index (κ3) is 4.03. The molecule has 8 heteroatoms. The van der Waals surface area contributed by atoms with Crippen molar-refractivity contribution in [3.05, 3.63) is 33.7 Å². The fourth-order valence-electron chi connectivity index (χ4n) is 3.48. The van der Waals surface area contributed by atoms with E-state index in [1.807, 2.05) is 34.6 Å². The van der Waals surface area contributed by atoms with E-state index in [0.717, 1.165) is 5.69 Å².